The Labute approximate surface area is 354 Å². The predicted molar refractivity (Wildman–Crippen MR) is 227 cm³/mol. The average molecular weight is 835 g/mol. The van der Waals surface area contributed by atoms with Gasteiger partial charge in [0.1, 0.15) is 35.3 Å². The van der Waals surface area contributed by atoms with Gasteiger partial charge in [0.15, 0.2) is 0 Å². The number of imide groups is 1. The van der Waals surface area contributed by atoms with Gasteiger partial charge in [-0.2, -0.15) is 9.94 Å². The number of nitrogens with one attached hydrogen (secondary N) is 2. The number of carbonyl (C=O) groups excluding carboxylic acids is 3. The molecule has 4 fully saturated rings. The summed E-state index contributed by atoms with van der Waals surface area (Å²) >= 11 is 6.25. The fraction of sp³-hybridized carbons (Fsp3) is 0.500. The molecule has 2 aromatic heterocycles. The first kappa shape index (κ1) is 41.2. The highest BCUT2D eigenvalue weighted by molar-refractivity contribution is 6.31. The van der Waals surface area contributed by atoms with E-state index >= 15 is 0 Å². The van der Waals surface area contributed by atoms with Crippen LogP contribution in [0.15, 0.2) is 59.5 Å². The lowest BCUT2D eigenvalue weighted by Crippen LogP contribution is -2.74. The van der Waals surface area contributed by atoms with E-state index in [-0.39, 0.29) is 53.2 Å². The first-order valence-corrected chi connectivity index (χ1v) is 21.2. The molecule has 2 aromatic carbocycles. The summed E-state index contributed by atoms with van der Waals surface area (Å²) in [6.45, 7) is 14.8. The third kappa shape index (κ3) is 8.02. The molecular weight excluding hydrogens is 784 g/mol. The molecule has 3 saturated heterocycles. The number of piperidine rings is 2. The van der Waals surface area contributed by atoms with Crippen molar-refractivity contribution >= 4 is 51.7 Å². The summed E-state index contributed by atoms with van der Waals surface area (Å²) in [5, 5.41) is 23.7. The van der Waals surface area contributed by atoms with Gasteiger partial charge >= 0.3 is 0 Å². The third-order valence-corrected chi connectivity index (χ3v) is 13.5. The lowest BCUT2D eigenvalue weighted by atomic mass is 9.49. The zero-order valence-corrected chi connectivity index (χ0v) is 35.2. The maximum Gasteiger partial charge on any atom is 0.278 e. The Kier molecular flexibility index (Phi) is 11.3. The fourth-order valence-electron chi connectivity index (χ4n) is 9.92. The monoisotopic (exact) mass is 834 g/mol. The van der Waals surface area contributed by atoms with Crippen LogP contribution in [0.3, 0.4) is 0 Å². The second-order valence-electron chi connectivity index (χ2n) is 17.8. The summed E-state index contributed by atoms with van der Waals surface area (Å²) in [5.41, 5.74) is 1.22. The second kappa shape index (κ2) is 16.5. The summed E-state index contributed by atoms with van der Waals surface area (Å²) in [7, 11) is 0. The van der Waals surface area contributed by atoms with Crippen LogP contribution in [0.1, 0.15) is 81.8 Å². The van der Waals surface area contributed by atoms with Crippen LogP contribution in [0, 0.1) is 28.1 Å². The van der Waals surface area contributed by atoms with Crippen LogP contribution < -0.4 is 30.7 Å². The highest BCUT2D eigenvalue weighted by Crippen LogP contribution is 2.55. The van der Waals surface area contributed by atoms with Crippen molar-refractivity contribution in [3.63, 3.8) is 0 Å². The molecule has 314 valence electrons. The number of fused-ring (bicyclic) bond motifs is 1. The van der Waals surface area contributed by atoms with Crippen LogP contribution in [0.5, 0.6) is 5.75 Å². The minimum atomic E-state index is -0.852. The largest absolute Gasteiger partial charge is 0.489 e. The van der Waals surface area contributed by atoms with Gasteiger partial charge in [0.25, 0.3) is 17.4 Å². The first-order chi connectivity index (χ1) is 28.7. The number of pyridine rings is 1. The second-order valence-corrected chi connectivity index (χ2v) is 18.2. The summed E-state index contributed by atoms with van der Waals surface area (Å²) in [5.74, 6) is 1.07. The Balaban J connectivity index is 0.781. The van der Waals surface area contributed by atoms with Crippen molar-refractivity contribution in [3.8, 4) is 11.8 Å². The molecule has 5 heterocycles. The van der Waals surface area contributed by atoms with Gasteiger partial charge in [-0.15, -0.1) is 5.10 Å². The summed E-state index contributed by atoms with van der Waals surface area (Å²) in [4.78, 5) is 62.7. The highest BCUT2D eigenvalue weighted by atomic mass is 35.5. The lowest BCUT2D eigenvalue weighted by Gasteiger charge is -2.63. The van der Waals surface area contributed by atoms with Crippen molar-refractivity contribution < 1.29 is 19.1 Å². The molecule has 3 aliphatic heterocycles. The van der Waals surface area contributed by atoms with E-state index in [9.17, 15) is 24.4 Å². The number of nitrogens with zero attached hydrogens (tertiary/aromatic N) is 8. The Hall–Kier alpha value is -5.59. The van der Waals surface area contributed by atoms with Gasteiger partial charge in [0.05, 0.1) is 21.5 Å². The number of aromatic nitrogens is 4. The van der Waals surface area contributed by atoms with E-state index in [4.69, 9.17) is 21.3 Å². The smallest absolute Gasteiger partial charge is 0.278 e. The van der Waals surface area contributed by atoms with Crippen molar-refractivity contribution in [2.24, 2.45) is 16.7 Å². The zero-order valence-electron chi connectivity index (χ0n) is 34.5. The first-order valence-electron chi connectivity index (χ1n) is 20.8. The number of benzene rings is 2. The van der Waals surface area contributed by atoms with Gasteiger partial charge < -0.3 is 19.9 Å². The molecule has 1 saturated carbocycles. The van der Waals surface area contributed by atoms with E-state index < -0.39 is 11.9 Å². The number of hydrogen-bond acceptors (Lipinski definition) is 12. The highest BCUT2D eigenvalue weighted by Gasteiger charge is 2.64. The van der Waals surface area contributed by atoms with Crippen LogP contribution in [-0.2, 0) is 9.59 Å². The molecule has 0 spiro atoms. The molecule has 1 atom stereocenters. The molecule has 1 aliphatic carbocycles. The number of halogens is 1. The Morgan fingerprint density at radius 2 is 1.70 bits per heavy atom. The standard InChI is InChI=1S/C44H51ClN10O5/c1-43(2)41(44(3,4)42(43)60-31-8-5-28(25-46)33(45)24-31)49-38(57)29-6-11-36(47-26-29)54-17-14-27(15-18-54)13-16-52-19-21-53(22-20-52)30-7-9-34-32(23-30)40(59)55(51-50-34)35-10-12-37(56)48-39(35)58/h5-9,11,23-24,26-27,35,41-42H,10,12-22H2,1-4H3,(H,49,57)(H,48,56,58)/t35?,41-,42-. The topological polar surface area (TPSA) is 179 Å². The van der Waals surface area contributed by atoms with E-state index in [0.29, 0.717) is 38.7 Å². The molecule has 15 nitrogen and oxygen atoms in total. The number of carbonyl (C=O) groups is 3. The maximum absolute atomic E-state index is 13.5. The van der Waals surface area contributed by atoms with Gasteiger partial charge in [0, 0.05) is 80.5 Å². The minimum absolute atomic E-state index is 0.143. The summed E-state index contributed by atoms with van der Waals surface area (Å²) in [6.07, 6.45) is 5.17. The molecule has 0 bridgehead atoms. The third-order valence-electron chi connectivity index (χ3n) is 13.1. The molecule has 4 aromatic rings. The van der Waals surface area contributed by atoms with Crippen LogP contribution in [0.25, 0.3) is 10.9 Å². The number of piperazine rings is 1. The molecule has 1 unspecified atom stereocenters. The molecule has 16 heteroatoms. The maximum atomic E-state index is 13.5. The van der Waals surface area contributed by atoms with Crippen LogP contribution >= 0.6 is 11.6 Å². The number of amides is 3. The van der Waals surface area contributed by atoms with Crippen LogP contribution in [-0.4, -0.2) is 101 Å². The van der Waals surface area contributed by atoms with Crippen LogP contribution in [0.4, 0.5) is 11.5 Å². The number of anilines is 2. The Morgan fingerprint density at radius 1 is 0.950 bits per heavy atom. The van der Waals surface area contributed by atoms with Crippen molar-refractivity contribution in [2.45, 2.75) is 78.0 Å². The Bertz CT molecular complexity index is 2380. The molecule has 8 rings (SSSR count). The molecule has 2 N–H and O–H groups in total. The van der Waals surface area contributed by atoms with Gasteiger partial charge in [-0.1, -0.05) is 44.5 Å². The van der Waals surface area contributed by atoms with Crippen LogP contribution in [0.2, 0.25) is 5.02 Å². The normalized spacial score (nSPS) is 23.1. The zero-order chi connectivity index (χ0) is 42.3. The van der Waals surface area contributed by atoms with Gasteiger partial charge in [0.2, 0.25) is 5.91 Å². The fourth-order valence-corrected chi connectivity index (χ4v) is 10.1. The minimum Gasteiger partial charge on any atom is -0.489 e. The van der Waals surface area contributed by atoms with E-state index in [1.807, 2.05) is 24.3 Å². The predicted octanol–water partition coefficient (Wildman–Crippen LogP) is 4.73. The van der Waals surface area contributed by atoms with Crippen molar-refractivity contribution in [3.05, 3.63) is 81.2 Å². The summed E-state index contributed by atoms with van der Waals surface area (Å²) < 4.78 is 7.48. The van der Waals surface area contributed by atoms with Gasteiger partial charge in [-0.05, 0) is 80.6 Å². The van der Waals surface area contributed by atoms with Crippen molar-refractivity contribution in [1.82, 2.24) is 35.5 Å². The van der Waals surface area contributed by atoms with Gasteiger partial charge in [-0.3, -0.25) is 29.4 Å². The SMILES string of the molecule is CC1(C)[C@H](NC(=O)c2ccc(N3CCC(CCN4CCN(c5ccc6nnn(C7CCC(=O)NC7=O)c(=O)c6c5)CC4)CC3)nc2)C(C)(C)[C@H]1Oc1ccc(C#N)c(Cl)c1. The number of hydrogen-bond donors (Lipinski definition) is 2. The quantitative estimate of drug-likeness (QED) is 0.210. The van der Waals surface area contributed by atoms with E-state index in [1.54, 1.807) is 30.5 Å². The number of rotatable bonds is 10. The van der Waals surface area contributed by atoms with E-state index in [1.165, 1.54) is 0 Å². The average Bonchev–Trinajstić information content (AvgIpc) is 3.24. The van der Waals surface area contributed by atoms with Crippen molar-refractivity contribution in [2.75, 3.05) is 55.6 Å². The summed E-state index contributed by atoms with van der Waals surface area (Å²) in [6, 6.07) is 15.6. The lowest BCUT2D eigenvalue weighted by molar-refractivity contribution is -0.164. The van der Waals surface area contributed by atoms with E-state index in [2.05, 4.69) is 69.4 Å². The molecule has 60 heavy (non-hydrogen) atoms. The number of nitriles is 1. The molecular formula is C44H51ClN10O5. The molecule has 0 radical (unpaired) electrons. The molecule has 4 aliphatic rings. The van der Waals surface area contributed by atoms with E-state index in [0.717, 1.165) is 81.3 Å². The number of ether oxygens (including phenoxy) is 1. The Morgan fingerprint density at radius 3 is 2.37 bits per heavy atom. The van der Waals surface area contributed by atoms with Gasteiger partial charge in [-0.25, -0.2) is 4.98 Å². The van der Waals surface area contributed by atoms with Crippen molar-refractivity contribution in [1.29, 1.82) is 5.26 Å². The molecule has 3 amide bonds.